The second-order valence-electron chi connectivity index (χ2n) is 6.11. The fourth-order valence-electron chi connectivity index (χ4n) is 2.77. The highest BCUT2D eigenvalue weighted by molar-refractivity contribution is 5.90. The maximum Gasteiger partial charge on any atom is 0.227 e. The average Bonchev–Trinajstić information content (AvgIpc) is 2.63. The predicted octanol–water partition coefficient (Wildman–Crippen LogP) is 3.24. The topological polar surface area (TPSA) is 50.8 Å². The van der Waals surface area contributed by atoms with Gasteiger partial charge >= 0.3 is 0 Å². The molecule has 1 N–H and O–H groups in total. The molecule has 0 saturated carbocycles. The lowest BCUT2D eigenvalue weighted by atomic mass is 10.2. The van der Waals surface area contributed by atoms with Crippen LogP contribution in [-0.4, -0.2) is 38.8 Å². The number of anilines is 2. The van der Waals surface area contributed by atoms with Gasteiger partial charge in [0.05, 0.1) is 26.2 Å². The summed E-state index contributed by atoms with van der Waals surface area (Å²) in [6.07, 6.45) is 0.319. The SMILES string of the molecule is Cc1cccc(OCCC(=O)Nc2ccc(N3CCOCC3)cc2)c1. The number of amides is 1. The fourth-order valence-corrected chi connectivity index (χ4v) is 2.77. The molecule has 132 valence electrons. The van der Waals surface area contributed by atoms with Crippen molar-refractivity contribution in [2.24, 2.45) is 0 Å². The van der Waals surface area contributed by atoms with Gasteiger partial charge in [0.25, 0.3) is 0 Å². The van der Waals surface area contributed by atoms with Gasteiger partial charge in [0.1, 0.15) is 5.75 Å². The Hall–Kier alpha value is -2.53. The van der Waals surface area contributed by atoms with E-state index in [1.54, 1.807) is 0 Å². The predicted molar refractivity (Wildman–Crippen MR) is 99.4 cm³/mol. The first-order valence-electron chi connectivity index (χ1n) is 8.63. The second kappa shape index (κ2) is 8.53. The van der Waals surface area contributed by atoms with E-state index in [2.05, 4.69) is 10.2 Å². The number of hydrogen-bond acceptors (Lipinski definition) is 4. The molecule has 2 aromatic rings. The zero-order valence-electron chi connectivity index (χ0n) is 14.5. The van der Waals surface area contributed by atoms with E-state index >= 15 is 0 Å². The fraction of sp³-hybridized carbons (Fsp3) is 0.350. The molecule has 3 rings (SSSR count). The minimum absolute atomic E-state index is 0.0493. The minimum atomic E-state index is -0.0493. The number of benzene rings is 2. The van der Waals surface area contributed by atoms with Crippen molar-refractivity contribution in [1.82, 2.24) is 0 Å². The quantitative estimate of drug-likeness (QED) is 0.877. The molecule has 0 atom stereocenters. The van der Waals surface area contributed by atoms with Crippen molar-refractivity contribution in [2.45, 2.75) is 13.3 Å². The molecule has 5 heteroatoms. The highest BCUT2D eigenvalue weighted by Gasteiger charge is 2.11. The molecule has 1 fully saturated rings. The second-order valence-corrected chi connectivity index (χ2v) is 6.11. The van der Waals surface area contributed by atoms with Crippen LogP contribution >= 0.6 is 0 Å². The summed E-state index contributed by atoms with van der Waals surface area (Å²) in [4.78, 5) is 14.3. The number of nitrogens with one attached hydrogen (secondary N) is 1. The Balaban J connectivity index is 1.44. The molecule has 1 saturated heterocycles. The monoisotopic (exact) mass is 340 g/mol. The van der Waals surface area contributed by atoms with Crippen LogP contribution in [0.1, 0.15) is 12.0 Å². The highest BCUT2D eigenvalue weighted by Crippen LogP contribution is 2.19. The summed E-state index contributed by atoms with van der Waals surface area (Å²) in [5.41, 5.74) is 3.10. The molecule has 0 aliphatic carbocycles. The lowest BCUT2D eigenvalue weighted by molar-refractivity contribution is -0.116. The van der Waals surface area contributed by atoms with Crippen molar-refractivity contribution in [2.75, 3.05) is 43.1 Å². The van der Waals surface area contributed by atoms with Gasteiger partial charge in [-0.25, -0.2) is 0 Å². The van der Waals surface area contributed by atoms with E-state index in [-0.39, 0.29) is 5.91 Å². The Bertz CT molecular complexity index is 694. The maximum absolute atomic E-state index is 12.0. The van der Waals surface area contributed by atoms with Gasteiger partial charge in [0.15, 0.2) is 0 Å². The van der Waals surface area contributed by atoms with Crippen LogP contribution in [0.4, 0.5) is 11.4 Å². The zero-order valence-corrected chi connectivity index (χ0v) is 14.5. The molecule has 1 aliphatic rings. The van der Waals surface area contributed by atoms with Gasteiger partial charge in [-0.1, -0.05) is 12.1 Å². The summed E-state index contributed by atoms with van der Waals surface area (Å²) in [5, 5.41) is 2.91. The molecular formula is C20H24N2O3. The Morgan fingerprint density at radius 3 is 2.64 bits per heavy atom. The Labute approximate surface area is 148 Å². The summed E-state index contributed by atoms with van der Waals surface area (Å²) in [7, 11) is 0. The Morgan fingerprint density at radius 2 is 1.92 bits per heavy atom. The molecule has 5 nitrogen and oxygen atoms in total. The van der Waals surface area contributed by atoms with Crippen LogP contribution in [0.15, 0.2) is 48.5 Å². The molecule has 2 aromatic carbocycles. The summed E-state index contributed by atoms with van der Waals surface area (Å²) in [6.45, 7) is 5.71. The largest absolute Gasteiger partial charge is 0.493 e. The number of carbonyl (C=O) groups is 1. The third-order valence-electron chi connectivity index (χ3n) is 4.11. The van der Waals surface area contributed by atoms with Gasteiger partial charge in [0.2, 0.25) is 5.91 Å². The van der Waals surface area contributed by atoms with Gasteiger partial charge in [-0.15, -0.1) is 0 Å². The minimum Gasteiger partial charge on any atom is -0.493 e. The van der Waals surface area contributed by atoms with Crippen molar-refractivity contribution in [1.29, 1.82) is 0 Å². The van der Waals surface area contributed by atoms with Gasteiger partial charge in [-0.2, -0.15) is 0 Å². The average molecular weight is 340 g/mol. The van der Waals surface area contributed by atoms with E-state index in [0.29, 0.717) is 13.0 Å². The molecule has 0 aromatic heterocycles. The van der Waals surface area contributed by atoms with Crippen LogP contribution < -0.4 is 15.0 Å². The zero-order chi connectivity index (χ0) is 17.5. The van der Waals surface area contributed by atoms with Crippen LogP contribution in [0.2, 0.25) is 0 Å². The summed E-state index contributed by atoms with van der Waals surface area (Å²) in [5.74, 6) is 0.745. The summed E-state index contributed by atoms with van der Waals surface area (Å²) in [6, 6.07) is 15.8. The van der Waals surface area contributed by atoms with Gasteiger partial charge in [-0.3, -0.25) is 4.79 Å². The van der Waals surface area contributed by atoms with E-state index in [1.165, 1.54) is 0 Å². The lowest BCUT2D eigenvalue weighted by Crippen LogP contribution is -2.36. The Morgan fingerprint density at radius 1 is 1.16 bits per heavy atom. The normalized spacial score (nSPS) is 14.2. The van der Waals surface area contributed by atoms with Crippen molar-refractivity contribution in [3.8, 4) is 5.75 Å². The first kappa shape index (κ1) is 17.3. The maximum atomic E-state index is 12.0. The molecule has 25 heavy (non-hydrogen) atoms. The summed E-state index contributed by atoms with van der Waals surface area (Å²) >= 11 is 0. The number of morpholine rings is 1. The van der Waals surface area contributed by atoms with E-state index in [0.717, 1.165) is 49.0 Å². The number of ether oxygens (including phenoxy) is 2. The molecule has 0 spiro atoms. The van der Waals surface area contributed by atoms with Crippen LogP contribution in [0.25, 0.3) is 0 Å². The number of carbonyl (C=O) groups excluding carboxylic acids is 1. The third-order valence-corrected chi connectivity index (χ3v) is 4.11. The van der Waals surface area contributed by atoms with Gasteiger partial charge in [0, 0.05) is 24.5 Å². The van der Waals surface area contributed by atoms with E-state index in [4.69, 9.17) is 9.47 Å². The van der Waals surface area contributed by atoms with Crippen molar-refractivity contribution in [3.63, 3.8) is 0 Å². The van der Waals surface area contributed by atoms with Crippen LogP contribution in [-0.2, 0) is 9.53 Å². The number of rotatable bonds is 6. The van der Waals surface area contributed by atoms with Gasteiger partial charge < -0.3 is 19.7 Å². The van der Waals surface area contributed by atoms with Gasteiger partial charge in [-0.05, 0) is 48.9 Å². The molecule has 0 bridgehead atoms. The number of hydrogen-bond donors (Lipinski definition) is 1. The van der Waals surface area contributed by atoms with E-state index < -0.39 is 0 Å². The standard InChI is InChI=1S/C20H24N2O3/c1-16-3-2-4-19(15-16)25-12-9-20(23)21-17-5-7-18(8-6-17)22-10-13-24-14-11-22/h2-8,15H,9-14H2,1H3,(H,21,23). The lowest BCUT2D eigenvalue weighted by Gasteiger charge is -2.28. The summed E-state index contributed by atoms with van der Waals surface area (Å²) < 4.78 is 11.0. The van der Waals surface area contributed by atoms with Crippen LogP contribution in [0, 0.1) is 6.92 Å². The van der Waals surface area contributed by atoms with Crippen molar-refractivity contribution >= 4 is 17.3 Å². The third kappa shape index (κ3) is 5.22. The first-order chi connectivity index (χ1) is 12.2. The first-order valence-corrected chi connectivity index (χ1v) is 8.63. The number of nitrogens with zero attached hydrogens (tertiary/aromatic N) is 1. The van der Waals surface area contributed by atoms with Crippen LogP contribution in [0.5, 0.6) is 5.75 Å². The van der Waals surface area contributed by atoms with E-state index in [9.17, 15) is 4.79 Å². The molecular weight excluding hydrogens is 316 g/mol. The number of aryl methyl sites for hydroxylation is 1. The smallest absolute Gasteiger partial charge is 0.227 e. The Kier molecular flexibility index (Phi) is 5.90. The highest BCUT2D eigenvalue weighted by atomic mass is 16.5. The molecule has 1 aliphatic heterocycles. The molecule has 1 heterocycles. The van der Waals surface area contributed by atoms with Crippen molar-refractivity contribution < 1.29 is 14.3 Å². The van der Waals surface area contributed by atoms with E-state index in [1.807, 2.05) is 55.5 Å². The molecule has 0 radical (unpaired) electrons. The van der Waals surface area contributed by atoms with Crippen molar-refractivity contribution in [3.05, 3.63) is 54.1 Å². The van der Waals surface area contributed by atoms with Crippen LogP contribution in [0.3, 0.4) is 0 Å². The molecule has 1 amide bonds. The molecule has 0 unspecified atom stereocenters.